The highest BCUT2D eigenvalue weighted by Crippen LogP contribution is 2.28. The molecule has 0 unspecified atom stereocenters. The number of nitrogens with one attached hydrogen (secondary N) is 1. The molecule has 136 valence electrons. The second kappa shape index (κ2) is 7.76. The van der Waals surface area contributed by atoms with Crippen LogP contribution in [0.5, 0.6) is 11.5 Å². The third kappa shape index (κ3) is 4.44. The molecule has 6 nitrogen and oxygen atoms in total. The average Bonchev–Trinajstić information content (AvgIpc) is 3.45. The lowest BCUT2D eigenvalue weighted by Crippen LogP contribution is -2.43. The first-order chi connectivity index (χ1) is 12.1. The van der Waals surface area contributed by atoms with Crippen molar-refractivity contribution in [2.75, 3.05) is 27.3 Å². The Hall–Kier alpha value is -2.24. The molecule has 2 amide bonds. The summed E-state index contributed by atoms with van der Waals surface area (Å²) in [5.41, 5.74) is 0.899. The molecule has 1 aliphatic carbocycles. The predicted molar refractivity (Wildman–Crippen MR) is 93.7 cm³/mol. The van der Waals surface area contributed by atoms with Crippen molar-refractivity contribution in [1.29, 1.82) is 0 Å². The molecule has 2 fully saturated rings. The maximum atomic E-state index is 12.5. The fraction of sp³-hybridized carbons (Fsp3) is 0.579. The van der Waals surface area contributed by atoms with Crippen LogP contribution in [0.25, 0.3) is 0 Å². The molecule has 25 heavy (non-hydrogen) atoms. The molecule has 1 N–H and O–H groups in total. The number of piperidine rings is 1. The van der Waals surface area contributed by atoms with Crippen LogP contribution in [0.15, 0.2) is 18.2 Å². The molecule has 1 aromatic rings. The molecule has 0 bridgehead atoms. The number of hydrogen-bond donors (Lipinski definition) is 1. The van der Waals surface area contributed by atoms with Crippen LogP contribution in [0.2, 0.25) is 0 Å². The SMILES string of the molecule is COc1ccc(CC(=O)N2CCC(C(=O)NC3CC3)CC2)cc1OC. The van der Waals surface area contributed by atoms with E-state index in [0.717, 1.165) is 31.2 Å². The van der Waals surface area contributed by atoms with Gasteiger partial charge in [0.05, 0.1) is 20.6 Å². The molecular weight excluding hydrogens is 320 g/mol. The summed E-state index contributed by atoms with van der Waals surface area (Å²) in [5.74, 6) is 1.58. The molecule has 6 heteroatoms. The van der Waals surface area contributed by atoms with Crippen LogP contribution < -0.4 is 14.8 Å². The molecule has 0 aromatic heterocycles. The van der Waals surface area contributed by atoms with E-state index in [4.69, 9.17) is 9.47 Å². The third-order valence-electron chi connectivity index (χ3n) is 4.95. The fourth-order valence-corrected chi connectivity index (χ4v) is 3.21. The van der Waals surface area contributed by atoms with Gasteiger partial charge in [0.15, 0.2) is 11.5 Å². The van der Waals surface area contributed by atoms with Gasteiger partial charge in [-0.25, -0.2) is 0 Å². The molecule has 1 saturated heterocycles. The fourth-order valence-electron chi connectivity index (χ4n) is 3.21. The largest absolute Gasteiger partial charge is 0.493 e. The maximum absolute atomic E-state index is 12.5. The Bertz CT molecular complexity index is 634. The average molecular weight is 346 g/mol. The molecule has 0 spiro atoms. The van der Waals surface area contributed by atoms with Gasteiger partial charge in [-0.1, -0.05) is 6.07 Å². The quantitative estimate of drug-likeness (QED) is 0.852. The molecule has 1 saturated carbocycles. The van der Waals surface area contributed by atoms with Crippen LogP contribution in [0, 0.1) is 5.92 Å². The third-order valence-corrected chi connectivity index (χ3v) is 4.95. The van der Waals surface area contributed by atoms with E-state index in [1.165, 1.54) is 0 Å². The van der Waals surface area contributed by atoms with Crippen molar-refractivity contribution in [2.45, 2.75) is 38.1 Å². The van der Waals surface area contributed by atoms with Crippen LogP contribution in [-0.4, -0.2) is 50.1 Å². The molecule has 2 aliphatic rings. The Morgan fingerprint density at radius 1 is 1.08 bits per heavy atom. The van der Waals surface area contributed by atoms with Gasteiger partial charge in [0.25, 0.3) is 0 Å². The normalized spacial score (nSPS) is 17.9. The number of ether oxygens (including phenoxy) is 2. The van der Waals surface area contributed by atoms with Crippen molar-refractivity contribution >= 4 is 11.8 Å². The first-order valence-electron chi connectivity index (χ1n) is 8.89. The minimum atomic E-state index is 0.0470. The summed E-state index contributed by atoms with van der Waals surface area (Å²) in [6.07, 6.45) is 4.04. The van der Waals surface area contributed by atoms with Gasteiger partial charge in [0.1, 0.15) is 0 Å². The number of methoxy groups -OCH3 is 2. The summed E-state index contributed by atoms with van der Waals surface area (Å²) >= 11 is 0. The van der Waals surface area contributed by atoms with Crippen molar-refractivity contribution in [3.63, 3.8) is 0 Å². The molecule has 1 heterocycles. The van der Waals surface area contributed by atoms with E-state index < -0.39 is 0 Å². The van der Waals surface area contributed by atoms with E-state index in [1.807, 2.05) is 23.1 Å². The number of likely N-dealkylation sites (tertiary alicyclic amines) is 1. The number of hydrogen-bond acceptors (Lipinski definition) is 4. The van der Waals surface area contributed by atoms with E-state index in [0.29, 0.717) is 37.1 Å². The number of carbonyl (C=O) groups excluding carboxylic acids is 2. The van der Waals surface area contributed by atoms with Gasteiger partial charge in [-0.05, 0) is 43.4 Å². The topological polar surface area (TPSA) is 67.9 Å². The number of benzene rings is 1. The van der Waals surface area contributed by atoms with Crippen LogP contribution in [0.1, 0.15) is 31.2 Å². The zero-order chi connectivity index (χ0) is 17.8. The Labute approximate surface area is 148 Å². The maximum Gasteiger partial charge on any atom is 0.226 e. The number of carbonyl (C=O) groups is 2. The van der Waals surface area contributed by atoms with E-state index in [1.54, 1.807) is 14.2 Å². The van der Waals surface area contributed by atoms with Gasteiger partial charge >= 0.3 is 0 Å². The Kier molecular flexibility index (Phi) is 5.46. The summed E-state index contributed by atoms with van der Waals surface area (Å²) in [6.45, 7) is 1.30. The highest BCUT2D eigenvalue weighted by Gasteiger charge is 2.31. The second-order valence-electron chi connectivity index (χ2n) is 6.80. The van der Waals surface area contributed by atoms with E-state index >= 15 is 0 Å². The van der Waals surface area contributed by atoms with Crippen LogP contribution in [0.3, 0.4) is 0 Å². The molecular formula is C19H26N2O4. The minimum Gasteiger partial charge on any atom is -0.493 e. The molecule has 0 radical (unpaired) electrons. The lowest BCUT2D eigenvalue weighted by atomic mass is 9.95. The first-order valence-corrected chi connectivity index (χ1v) is 8.89. The monoisotopic (exact) mass is 346 g/mol. The van der Waals surface area contributed by atoms with Gasteiger partial charge in [0, 0.05) is 25.0 Å². The van der Waals surface area contributed by atoms with Crippen molar-refractivity contribution < 1.29 is 19.1 Å². The van der Waals surface area contributed by atoms with E-state index in [9.17, 15) is 9.59 Å². The van der Waals surface area contributed by atoms with E-state index in [2.05, 4.69) is 5.32 Å². The Morgan fingerprint density at radius 3 is 2.36 bits per heavy atom. The minimum absolute atomic E-state index is 0.0470. The van der Waals surface area contributed by atoms with Crippen LogP contribution in [-0.2, 0) is 16.0 Å². The van der Waals surface area contributed by atoms with Crippen molar-refractivity contribution in [3.8, 4) is 11.5 Å². The van der Waals surface area contributed by atoms with Gasteiger partial charge < -0.3 is 19.7 Å². The van der Waals surface area contributed by atoms with Gasteiger partial charge in [-0.2, -0.15) is 0 Å². The van der Waals surface area contributed by atoms with Crippen LogP contribution >= 0.6 is 0 Å². The summed E-state index contributed by atoms with van der Waals surface area (Å²) in [6, 6.07) is 5.94. The summed E-state index contributed by atoms with van der Waals surface area (Å²) in [7, 11) is 3.17. The zero-order valence-corrected chi connectivity index (χ0v) is 14.9. The van der Waals surface area contributed by atoms with Crippen molar-refractivity contribution in [1.82, 2.24) is 10.2 Å². The predicted octanol–water partition coefficient (Wildman–Crippen LogP) is 1.76. The lowest BCUT2D eigenvalue weighted by Gasteiger charge is -2.31. The van der Waals surface area contributed by atoms with Crippen molar-refractivity contribution in [2.24, 2.45) is 5.92 Å². The Balaban J connectivity index is 1.51. The number of rotatable bonds is 6. The number of amides is 2. The summed E-state index contributed by atoms with van der Waals surface area (Å²) < 4.78 is 10.5. The van der Waals surface area contributed by atoms with Crippen LogP contribution in [0.4, 0.5) is 0 Å². The highest BCUT2D eigenvalue weighted by atomic mass is 16.5. The van der Waals surface area contributed by atoms with Gasteiger partial charge in [-0.3, -0.25) is 9.59 Å². The molecule has 0 atom stereocenters. The van der Waals surface area contributed by atoms with Gasteiger partial charge in [-0.15, -0.1) is 0 Å². The lowest BCUT2D eigenvalue weighted by molar-refractivity contribution is -0.135. The molecule has 3 rings (SSSR count). The summed E-state index contributed by atoms with van der Waals surface area (Å²) in [4.78, 5) is 26.5. The zero-order valence-electron chi connectivity index (χ0n) is 14.9. The Morgan fingerprint density at radius 2 is 1.76 bits per heavy atom. The summed E-state index contributed by atoms with van der Waals surface area (Å²) in [5, 5.41) is 3.06. The highest BCUT2D eigenvalue weighted by molar-refractivity contribution is 5.81. The first kappa shape index (κ1) is 17.6. The van der Waals surface area contributed by atoms with Crippen molar-refractivity contribution in [3.05, 3.63) is 23.8 Å². The number of nitrogens with zero attached hydrogens (tertiary/aromatic N) is 1. The second-order valence-corrected chi connectivity index (χ2v) is 6.80. The van der Waals surface area contributed by atoms with E-state index in [-0.39, 0.29) is 17.7 Å². The smallest absolute Gasteiger partial charge is 0.226 e. The molecule has 1 aromatic carbocycles. The van der Waals surface area contributed by atoms with Gasteiger partial charge in [0.2, 0.25) is 11.8 Å². The standard InChI is InChI=1S/C19H26N2O4/c1-24-16-6-3-13(11-17(16)25-2)12-18(22)21-9-7-14(8-10-21)19(23)20-15-4-5-15/h3,6,11,14-15H,4-5,7-10,12H2,1-2H3,(H,20,23). The molecule has 1 aliphatic heterocycles.